The summed E-state index contributed by atoms with van der Waals surface area (Å²) in [6, 6.07) is 0. The highest BCUT2D eigenvalue weighted by Gasteiger charge is 2.14. The number of thiol groups is 1. The first-order valence-electron chi connectivity index (χ1n) is 3.69. The molecule has 72 valence electrons. The molecule has 0 aliphatic carbocycles. The molecule has 0 aromatic rings. The van der Waals surface area contributed by atoms with Crippen LogP contribution in [-0.4, -0.2) is 23.6 Å². The molecule has 3 N–H and O–H groups in total. The van der Waals surface area contributed by atoms with Crippen molar-refractivity contribution in [3.05, 3.63) is 0 Å². The summed E-state index contributed by atoms with van der Waals surface area (Å²) in [5.41, 5.74) is 4.73. The van der Waals surface area contributed by atoms with Gasteiger partial charge in [-0.3, -0.25) is 5.32 Å². The van der Waals surface area contributed by atoms with Gasteiger partial charge in [0.05, 0.1) is 5.37 Å². The maximum atomic E-state index is 10.2. The predicted molar refractivity (Wildman–Crippen MR) is 51.2 cm³/mol. The highest BCUT2D eigenvalue weighted by molar-refractivity contribution is 7.80. The quantitative estimate of drug-likeness (QED) is 0.456. The monoisotopic (exact) mass is 192 g/mol. The zero-order valence-corrected chi connectivity index (χ0v) is 8.52. The lowest BCUT2D eigenvalue weighted by molar-refractivity contribution is 0.150. The highest BCUT2D eigenvalue weighted by Crippen LogP contribution is 2.03. The van der Waals surface area contributed by atoms with E-state index in [-0.39, 0.29) is 17.5 Å². The van der Waals surface area contributed by atoms with E-state index in [1.165, 1.54) is 0 Å². The van der Waals surface area contributed by atoms with Gasteiger partial charge in [-0.15, -0.1) is 0 Å². The number of hydrogen-bond donors (Lipinski definition) is 3. The molecule has 0 saturated carbocycles. The molecule has 0 rings (SSSR count). The Balaban J connectivity index is 3.60. The van der Waals surface area contributed by atoms with E-state index in [0.717, 1.165) is 0 Å². The van der Waals surface area contributed by atoms with Gasteiger partial charge in [0.25, 0.3) is 0 Å². The van der Waals surface area contributed by atoms with Crippen LogP contribution in [-0.2, 0) is 4.74 Å². The number of ether oxygens (including phenoxy) is 1. The van der Waals surface area contributed by atoms with Crippen molar-refractivity contribution < 1.29 is 9.53 Å². The fourth-order valence-corrected chi connectivity index (χ4v) is 1.16. The summed E-state index contributed by atoms with van der Waals surface area (Å²) in [6.07, 6.45) is -0.773. The maximum Gasteiger partial charge on any atom is 0.404 e. The lowest BCUT2D eigenvalue weighted by atomic mass is 10.1. The Kier molecular flexibility index (Phi) is 4.41. The minimum atomic E-state index is -0.773. The van der Waals surface area contributed by atoms with Crippen LogP contribution in [0.2, 0.25) is 0 Å². The molecular weight excluding hydrogens is 176 g/mol. The van der Waals surface area contributed by atoms with Gasteiger partial charge in [-0.05, 0) is 20.8 Å². The van der Waals surface area contributed by atoms with E-state index in [9.17, 15) is 4.79 Å². The highest BCUT2D eigenvalue weighted by atomic mass is 32.1. The van der Waals surface area contributed by atoms with Crippen molar-refractivity contribution in [1.29, 1.82) is 0 Å². The lowest BCUT2D eigenvalue weighted by Crippen LogP contribution is -2.43. The number of carbonyl (C=O) groups excluding carboxylic acids is 1. The number of amides is 1. The van der Waals surface area contributed by atoms with E-state index in [2.05, 4.69) is 22.7 Å². The Morgan fingerprint density at radius 2 is 2.17 bits per heavy atom. The standard InChI is InChI=1S/C7H16N2O2S/c1-7(2,3)9-5(12)4-11-6(8)10/h5,9,12H,4H2,1-3H3,(H2,8,10). The van der Waals surface area contributed by atoms with Crippen LogP contribution in [0.15, 0.2) is 0 Å². The van der Waals surface area contributed by atoms with Gasteiger partial charge in [0, 0.05) is 5.54 Å². The van der Waals surface area contributed by atoms with Gasteiger partial charge in [-0.2, -0.15) is 12.6 Å². The number of hydrogen-bond acceptors (Lipinski definition) is 4. The Bertz CT molecular complexity index is 156. The van der Waals surface area contributed by atoms with Crippen LogP contribution in [0.5, 0.6) is 0 Å². The van der Waals surface area contributed by atoms with Crippen LogP contribution in [0.25, 0.3) is 0 Å². The first-order valence-corrected chi connectivity index (χ1v) is 4.21. The smallest absolute Gasteiger partial charge is 0.404 e. The van der Waals surface area contributed by atoms with Crippen molar-refractivity contribution >= 4 is 18.7 Å². The Morgan fingerprint density at radius 1 is 1.67 bits per heavy atom. The van der Waals surface area contributed by atoms with E-state index in [4.69, 9.17) is 5.73 Å². The van der Waals surface area contributed by atoms with Crippen LogP contribution in [0.3, 0.4) is 0 Å². The fourth-order valence-electron chi connectivity index (χ4n) is 0.703. The predicted octanol–water partition coefficient (Wildman–Crippen LogP) is 0.726. The first-order chi connectivity index (χ1) is 5.31. The van der Waals surface area contributed by atoms with Gasteiger partial charge in [0.1, 0.15) is 6.61 Å². The second-order valence-corrected chi connectivity index (χ2v) is 4.16. The zero-order valence-electron chi connectivity index (χ0n) is 7.63. The van der Waals surface area contributed by atoms with E-state index in [1.54, 1.807) is 0 Å². The van der Waals surface area contributed by atoms with Crippen molar-refractivity contribution in [3.8, 4) is 0 Å². The van der Waals surface area contributed by atoms with Gasteiger partial charge in [0.15, 0.2) is 0 Å². The van der Waals surface area contributed by atoms with Crippen LogP contribution in [0.1, 0.15) is 20.8 Å². The maximum absolute atomic E-state index is 10.2. The molecule has 1 atom stereocenters. The van der Waals surface area contributed by atoms with Gasteiger partial charge in [-0.25, -0.2) is 4.79 Å². The summed E-state index contributed by atoms with van der Waals surface area (Å²) in [5, 5.41) is 2.92. The van der Waals surface area contributed by atoms with Gasteiger partial charge in [0.2, 0.25) is 0 Å². The molecular formula is C7H16N2O2S. The second-order valence-electron chi connectivity index (χ2n) is 3.54. The van der Waals surface area contributed by atoms with Crippen LogP contribution >= 0.6 is 12.6 Å². The topological polar surface area (TPSA) is 64.3 Å². The van der Waals surface area contributed by atoms with Crippen molar-refractivity contribution in [1.82, 2.24) is 5.32 Å². The minimum Gasteiger partial charge on any atom is -0.447 e. The molecule has 1 amide bonds. The number of nitrogens with two attached hydrogens (primary N) is 1. The molecule has 0 heterocycles. The first kappa shape index (κ1) is 11.6. The summed E-state index contributed by atoms with van der Waals surface area (Å²) in [6.45, 7) is 6.18. The molecule has 0 aliphatic rings. The molecule has 0 aliphatic heterocycles. The van der Waals surface area contributed by atoms with Crippen molar-refractivity contribution in [2.24, 2.45) is 5.73 Å². The molecule has 1 unspecified atom stereocenters. The normalized spacial score (nSPS) is 14.0. The summed E-state index contributed by atoms with van der Waals surface area (Å²) < 4.78 is 4.55. The summed E-state index contributed by atoms with van der Waals surface area (Å²) in [7, 11) is 0. The van der Waals surface area contributed by atoms with Gasteiger partial charge < -0.3 is 10.5 Å². The molecule has 0 fully saturated rings. The van der Waals surface area contributed by atoms with Gasteiger partial charge >= 0.3 is 6.09 Å². The lowest BCUT2D eigenvalue weighted by Gasteiger charge is -2.24. The largest absolute Gasteiger partial charge is 0.447 e. The Labute approximate surface area is 78.2 Å². The molecule has 12 heavy (non-hydrogen) atoms. The minimum absolute atomic E-state index is 0.0482. The zero-order chi connectivity index (χ0) is 9.78. The average molecular weight is 192 g/mol. The Morgan fingerprint density at radius 3 is 2.50 bits per heavy atom. The van der Waals surface area contributed by atoms with Crippen LogP contribution in [0.4, 0.5) is 4.79 Å². The molecule has 0 bridgehead atoms. The second kappa shape index (κ2) is 4.57. The SMILES string of the molecule is CC(C)(C)NC(S)COC(N)=O. The summed E-state index contributed by atoms with van der Waals surface area (Å²) >= 11 is 4.15. The van der Waals surface area contributed by atoms with E-state index in [0.29, 0.717) is 0 Å². The summed E-state index contributed by atoms with van der Waals surface area (Å²) in [4.78, 5) is 10.2. The molecule has 5 heteroatoms. The molecule has 0 aromatic carbocycles. The molecule has 0 spiro atoms. The van der Waals surface area contributed by atoms with Gasteiger partial charge in [-0.1, -0.05) is 0 Å². The fraction of sp³-hybridized carbons (Fsp3) is 0.857. The third-order valence-corrected chi connectivity index (χ3v) is 1.26. The van der Waals surface area contributed by atoms with Crippen LogP contribution in [0, 0.1) is 0 Å². The molecule has 0 saturated heterocycles. The third-order valence-electron chi connectivity index (χ3n) is 0.983. The Hall–Kier alpha value is -0.420. The van der Waals surface area contributed by atoms with Crippen molar-refractivity contribution in [3.63, 3.8) is 0 Å². The summed E-state index contributed by atoms with van der Waals surface area (Å²) in [5.74, 6) is 0. The van der Waals surface area contributed by atoms with E-state index in [1.807, 2.05) is 20.8 Å². The third kappa shape index (κ3) is 7.68. The van der Waals surface area contributed by atoms with Crippen molar-refractivity contribution in [2.75, 3.05) is 6.61 Å². The van der Waals surface area contributed by atoms with E-state index >= 15 is 0 Å². The average Bonchev–Trinajstić information content (AvgIpc) is 1.79. The number of nitrogens with one attached hydrogen (secondary N) is 1. The van der Waals surface area contributed by atoms with Crippen molar-refractivity contribution in [2.45, 2.75) is 31.7 Å². The number of carbonyl (C=O) groups is 1. The number of primary amides is 1. The molecule has 0 aromatic heterocycles. The molecule has 4 nitrogen and oxygen atoms in total. The van der Waals surface area contributed by atoms with Crippen LogP contribution < -0.4 is 11.1 Å². The van der Waals surface area contributed by atoms with E-state index < -0.39 is 6.09 Å². The number of rotatable bonds is 3. The molecule has 0 radical (unpaired) electrons.